The van der Waals surface area contributed by atoms with Crippen molar-refractivity contribution in [1.82, 2.24) is 9.97 Å². The van der Waals surface area contributed by atoms with Crippen LogP contribution in [0.25, 0.3) is 11.1 Å². The van der Waals surface area contributed by atoms with Crippen molar-refractivity contribution in [2.24, 2.45) is 0 Å². The molecule has 0 amide bonds. The number of aliphatic hydroxyl groups is 1. The van der Waals surface area contributed by atoms with Crippen LogP contribution in [0.4, 0.5) is 11.6 Å². The van der Waals surface area contributed by atoms with Gasteiger partial charge in [0.05, 0.1) is 29.0 Å². The lowest BCUT2D eigenvalue weighted by molar-refractivity contribution is 0.214. The number of aryl methyl sites for hydroxylation is 2. The molecule has 0 fully saturated rings. The molecule has 0 saturated heterocycles. The van der Waals surface area contributed by atoms with Gasteiger partial charge in [-0.25, -0.2) is 9.97 Å². The lowest BCUT2D eigenvalue weighted by Gasteiger charge is -2.18. The summed E-state index contributed by atoms with van der Waals surface area (Å²) in [6.07, 6.45) is 0.692. The summed E-state index contributed by atoms with van der Waals surface area (Å²) in [5.74, 6) is 0.362. The fourth-order valence-electron chi connectivity index (χ4n) is 3.80. The largest absolute Gasteiger partial charge is 0.382 e. The third kappa shape index (κ3) is 4.72. The zero-order chi connectivity index (χ0) is 23.4. The molecule has 4 aromatic rings. The second kappa shape index (κ2) is 9.32. The lowest BCUT2D eigenvalue weighted by Crippen LogP contribution is -2.09. The zero-order valence-electron chi connectivity index (χ0n) is 18.2. The zero-order valence-corrected chi connectivity index (χ0v) is 18.2. The first kappa shape index (κ1) is 21.7. The second-order valence-corrected chi connectivity index (χ2v) is 7.73. The predicted octanol–water partition coefficient (Wildman–Crippen LogP) is 5.33. The Hall–Kier alpha value is -4.52. The number of aliphatic hydroxyl groups excluding tert-OH is 1. The number of benzene rings is 3. The molecule has 6 heteroatoms. The highest BCUT2D eigenvalue weighted by Crippen LogP contribution is 2.32. The Morgan fingerprint density at radius 1 is 0.818 bits per heavy atom. The molecule has 6 nitrogen and oxygen atoms in total. The minimum Gasteiger partial charge on any atom is -0.382 e. The molecule has 1 aromatic heterocycles. The van der Waals surface area contributed by atoms with E-state index in [1.54, 1.807) is 48.7 Å². The van der Waals surface area contributed by atoms with Crippen molar-refractivity contribution in [3.05, 3.63) is 106 Å². The molecule has 160 valence electrons. The van der Waals surface area contributed by atoms with Gasteiger partial charge in [-0.2, -0.15) is 10.5 Å². The van der Waals surface area contributed by atoms with Gasteiger partial charge in [-0.3, -0.25) is 0 Å². The van der Waals surface area contributed by atoms with Crippen LogP contribution in [-0.2, 0) is 0 Å². The molecule has 2 N–H and O–H groups in total. The van der Waals surface area contributed by atoms with Crippen molar-refractivity contribution in [3.63, 3.8) is 0 Å². The predicted molar refractivity (Wildman–Crippen MR) is 127 cm³/mol. The number of rotatable bonds is 5. The van der Waals surface area contributed by atoms with Crippen LogP contribution in [0.2, 0.25) is 0 Å². The van der Waals surface area contributed by atoms with Crippen LogP contribution in [0, 0.1) is 36.5 Å². The van der Waals surface area contributed by atoms with E-state index in [1.807, 2.05) is 38.1 Å². The van der Waals surface area contributed by atoms with E-state index in [2.05, 4.69) is 27.4 Å². The van der Waals surface area contributed by atoms with Crippen molar-refractivity contribution in [3.8, 4) is 23.3 Å². The van der Waals surface area contributed by atoms with Gasteiger partial charge in [0.1, 0.15) is 6.10 Å². The number of hydrogen-bond donors (Lipinski definition) is 2. The van der Waals surface area contributed by atoms with Crippen molar-refractivity contribution < 1.29 is 5.11 Å². The second-order valence-electron chi connectivity index (χ2n) is 7.73. The molecule has 33 heavy (non-hydrogen) atoms. The molecule has 0 aliphatic heterocycles. The summed E-state index contributed by atoms with van der Waals surface area (Å²) in [5, 5.41) is 32.2. The Morgan fingerprint density at radius 2 is 1.39 bits per heavy atom. The minimum atomic E-state index is -0.912. The van der Waals surface area contributed by atoms with Crippen molar-refractivity contribution in [2.75, 3.05) is 5.32 Å². The Bertz CT molecular complexity index is 1360. The Labute approximate surface area is 192 Å². The highest BCUT2D eigenvalue weighted by molar-refractivity contribution is 5.67. The quantitative estimate of drug-likeness (QED) is 0.442. The minimum absolute atomic E-state index is 0.362. The normalized spacial score (nSPS) is 11.3. The summed E-state index contributed by atoms with van der Waals surface area (Å²) in [6, 6.07) is 24.4. The molecule has 1 heterocycles. The number of nitriles is 2. The molecule has 0 bridgehead atoms. The summed E-state index contributed by atoms with van der Waals surface area (Å²) in [6.45, 7) is 3.94. The summed E-state index contributed by atoms with van der Waals surface area (Å²) >= 11 is 0. The van der Waals surface area contributed by atoms with Crippen molar-refractivity contribution in [1.29, 1.82) is 10.5 Å². The SMILES string of the molecule is Cc1cc(-c2ccc(C#N)cc2)cc(C)c1[C@@H](O)c1ccnc(Nc2ccc(C#N)cc2)n1. The summed E-state index contributed by atoms with van der Waals surface area (Å²) in [4.78, 5) is 8.75. The molecule has 3 aromatic carbocycles. The highest BCUT2D eigenvalue weighted by Gasteiger charge is 2.19. The average molecular weight is 431 g/mol. The Kier molecular flexibility index (Phi) is 6.13. The van der Waals surface area contributed by atoms with Crippen molar-refractivity contribution in [2.45, 2.75) is 20.0 Å². The van der Waals surface area contributed by atoms with E-state index in [9.17, 15) is 5.11 Å². The van der Waals surface area contributed by atoms with Gasteiger partial charge in [-0.05, 0) is 84.1 Å². The molecule has 0 aliphatic carbocycles. The van der Waals surface area contributed by atoms with Crippen molar-refractivity contribution >= 4 is 11.6 Å². The van der Waals surface area contributed by atoms with Crippen LogP contribution < -0.4 is 5.32 Å². The van der Waals surface area contributed by atoms with E-state index in [-0.39, 0.29) is 0 Å². The highest BCUT2D eigenvalue weighted by atomic mass is 16.3. The molecular weight excluding hydrogens is 410 g/mol. The Morgan fingerprint density at radius 3 is 1.97 bits per heavy atom. The first-order chi connectivity index (χ1) is 16.0. The standard InChI is InChI=1S/C27H21N5O/c1-17-13-22(21-7-3-19(15-28)4-8-21)14-18(2)25(17)26(33)24-11-12-30-27(32-24)31-23-9-5-20(16-29)6-10-23/h3-14,26,33H,1-2H3,(H,30,31,32)/t26-/m0/s1. The molecule has 0 spiro atoms. The molecule has 0 unspecified atom stereocenters. The van der Waals surface area contributed by atoms with E-state index in [1.165, 1.54) is 0 Å². The van der Waals surface area contributed by atoms with Gasteiger partial charge in [0.15, 0.2) is 0 Å². The maximum Gasteiger partial charge on any atom is 0.227 e. The number of hydrogen-bond acceptors (Lipinski definition) is 6. The Balaban J connectivity index is 1.60. The van der Waals surface area contributed by atoms with E-state index in [0.29, 0.717) is 22.8 Å². The van der Waals surface area contributed by atoms with E-state index >= 15 is 0 Å². The third-order valence-corrected chi connectivity index (χ3v) is 5.44. The van der Waals surface area contributed by atoms with Crippen LogP contribution in [0.15, 0.2) is 72.9 Å². The van der Waals surface area contributed by atoms with E-state index in [0.717, 1.165) is 33.5 Å². The van der Waals surface area contributed by atoms with Gasteiger partial charge in [0.25, 0.3) is 0 Å². The number of nitrogens with one attached hydrogen (secondary N) is 1. The molecule has 1 atom stereocenters. The molecule has 0 radical (unpaired) electrons. The number of anilines is 2. The van der Waals surface area contributed by atoms with Crippen LogP contribution in [0.5, 0.6) is 0 Å². The molecule has 4 rings (SSSR count). The fraction of sp³-hybridized carbons (Fsp3) is 0.111. The summed E-state index contributed by atoms with van der Waals surface area (Å²) in [5.41, 5.74) is 7.15. The third-order valence-electron chi connectivity index (χ3n) is 5.44. The van der Waals surface area contributed by atoms with Crippen LogP contribution in [0.3, 0.4) is 0 Å². The van der Waals surface area contributed by atoms with Crippen LogP contribution in [0.1, 0.15) is 39.6 Å². The van der Waals surface area contributed by atoms with Gasteiger partial charge in [0, 0.05) is 11.9 Å². The average Bonchev–Trinajstić information content (AvgIpc) is 2.84. The maximum absolute atomic E-state index is 11.2. The summed E-state index contributed by atoms with van der Waals surface area (Å²) < 4.78 is 0. The summed E-state index contributed by atoms with van der Waals surface area (Å²) in [7, 11) is 0. The van der Waals surface area contributed by atoms with Crippen LogP contribution in [-0.4, -0.2) is 15.1 Å². The maximum atomic E-state index is 11.2. The number of nitrogens with zero attached hydrogens (tertiary/aromatic N) is 4. The smallest absolute Gasteiger partial charge is 0.227 e. The van der Waals surface area contributed by atoms with Gasteiger partial charge < -0.3 is 10.4 Å². The number of aromatic nitrogens is 2. The van der Waals surface area contributed by atoms with E-state index < -0.39 is 6.10 Å². The van der Waals surface area contributed by atoms with Gasteiger partial charge in [0.2, 0.25) is 5.95 Å². The molecule has 0 saturated carbocycles. The topological polar surface area (TPSA) is 106 Å². The van der Waals surface area contributed by atoms with E-state index in [4.69, 9.17) is 10.5 Å². The first-order valence-electron chi connectivity index (χ1n) is 10.4. The molecule has 0 aliphatic rings. The lowest BCUT2D eigenvalue weighted by atomic mass is 9.91. The fourth-order valence-corrected chi connectivity index (χ4v) is 3.80. The molecular formula is C27H21N5O. The van der Waals surface area contributed by atoms with Gasteiger partial charge >= 0.3 is 0 Å². The monoisotopic (exact) mass is 431 g/mol. The van der Waals surface area contributed by atoms with Gasteiger partial charge in [-0.1, -0.05) is 24.3 Å². The van der Waals surface area contributed by atoms with Crippen LogP contribution >= 0.6 is 0 Å². The van der Waals surface area contributed by atoms with Gasteiger partial charge in [-0.15, -0.1) is 0 Å². The first-order valence-corrected chi connectivity index (χ1v) is 10.4.